The van der Waals surface area contributed by atoms with E-state index in [4.69, 9.17) is 14.2 Å². The number of likely N-dealkylation sites (N-methyl/N-ethyl adjacent to an activating group) is 1. The second kappa shape index (κ2) is 12.9. The molecule has 0 aliphatic heterocycles. The van der Waals surface area contributed by atoms with E-state index in [2.05, 4.69) is 10.3 Å². The van der Waals surface area contributed by atoms with Crippen molar-refractivity contribution in [2.24, 2.45) is 4.99 Å². The van der Waals surface area contributed by atoms with Crippen LogP contribution in [0.25, 0.3) is 0 Å². The lowest BCUT2D eigenvalue weighted by Gasteiger charge is -2.20. The molecule has 37 heavy (non-hydrogen) atoms. The third-order valence-corrected chi connectivity index (χ3v) is 6.24. The van der Waals surface area contributed by atoms with E-state index in [9.17, 15) is 18.0 Å². The summed E-state index contributed by atoms with van der Waals surface area (Å²) in [7, 11) is 5.92. The highest BCUT2D eigenvalue weighted by molar-refractivity contribution is 8.13. The van der Waals surface area contributed by atoms with Crippen LogP contribution in [0, 0.1) is 17.5 Å². The van der Waals surface area contributed by atoms with Crippen molar-refractivity contribution in [3.63, 3.8) is 0 Å². The van der Waals surface area contributed by atoms with E-state index in [0.717, 1.165) is 23.9 Å². The fourth-order valence-corrected chi connectivity index (χ4v) is 4.12. The summed E-state index contributed by atoms with van der Waals surface area (Å²) in [6, 6.07) is 12.6. The molecule has 0 atom stereocenters. The molecule has 0 spiro atoms. The number of rotatable bonds is 9. The van der Waals surface area contributed by atoms with Crippen molar-refractivity contribution in [1.82, 2.24) is 5.32 Å². The van der Waals surface area contributed by atoms with Crippen molar-refractivity contribution in [2.45, 2.75) is 5.75 Å². The monoisotopic (exact) mass is 533 g/mol. The fourth-order valence-electron chi connectivity index (χ4n) is 3.22. The minimum Gasteiger partial charge on any atom is -0.494 e. The number of hydrogen-bond donors (Lipinski definition) is 1. The molecule has 3 rings (SSSR count). The van der Waals surface area contributed by atoms with Crippen molar-refractivity contribution in [1.29, 1.82) is 0 Å². The number of nitrogens with one attached hydrogen (secondary N) is 1. The minimum atomic E-state index is -0.695. The number of amides is 1. The number of carbonyl (C=O) groups is 1. The van der Waals surface area contributed by atoms with Crippen LogP contribution in [-0.4, -0.2) is 46.0 Å². The van der Waals surface area contributed by atoms with Gasteiger partial charge in [-0.05, 0) is 36.4 Å². The van der Waals surface area contributed by atoms with Crippen molar-refractivity contribution in [3.05, 3.63) is 77.6 Å². The number of ether oxygens (including phenoxy) is 3. The van der Waals surface area contributed by atoms with Crippen molar-refractivity contribution in [3.8, 4) is 17.2 Å². The smallest absolute Gasteiger partial charge is 0.246 e. The van der Waals surface area contributed by atoms with Crippen molar-refractivity contribution in [2.75, 3.05) is 39.8 Å². The zero-order chi connectivity index (χ0) is 26.9. The van der Waals surface area contributed by atoms with Gasteiger partial charge in [0.25, 0.3) is 0 Å². The molecule has 1 N–H and O–H groups in total. The summed E-state index contributed by atoms with van der Waals surface area (Å²) in [5.74, 6) is -1.41. The SMILES string of the molecule is COc1cc(N=C(NCC(=O)N(C)c2ccc(OC)c(OC)c2)SCc2c(F)cccc2F)ccc1F. The van der Waals surface area contributed by atoms with Gasteiger partial charge in [0.2, 0.25) is 5.91 Å². The Kier molecular flexibility index (Phi) is 9.67. The number of amidine groups is 1. The van der Waals surface area contributed by atoms with Crippen LogP contribution in [0.5, 0.6) is 17.2 Å². The highest BCUT2D eigenvalue weighted by atomic mass is 32.2. The molecule has 0 aromatic heterocycles. The summed E-state index contributed by atoms with van der Waals surface area (Å²) in [6.45, 7) is -0.186. The van der Waals surface area contributed by atoms with Crippen LogP contribution in [0.1, 0.15) is 5.56 Å². The van der Waals surface area contributed by atoms with Crippen molar-refractivity contribution >= 4 is 34.2 Å². The van der Waals surface area contributed by atoms with Crippen LogP contribution in [-0.2, 0) is 10.5 Å². The van der Waals surface area contributed by atoms with Crippen LogP contribution in [0.15, 0.2) is 59.6 Å². The molecule has 0 heterocycles. The molecule has 1 amide bonds. The third kappa shape index (κ3) is 7.10. The number of carbonyl (C=O) groups excluding carboxylic acids is 1. The Morgan fingerprint density at radius 3 is 2.22 bits per heavy atom. The first-order chi connectivity index (χ1) is 17.8. The normalized spacial score (nSPS) is 11.2. The maximum absolute atomic E-state index is 14.1. The van der Waals surface area contributed by atoms with E-state index in [0.29, 0.717) is 22.9 Å². The van der Waals surface area contributed by atoms with Crippen LogP contribution < -0.4 is 24.4 Å². The first-order valence-electron chi connectivity index (χ1n) is 11.0. The van der Waals surface area contributed by atoms with Gasteiger partial charge >= 0.3 is 0 Å². The molecule has 0 unspecified atom stereocenters. The highest BCUT2D eigenvalue weighted by Crippen LogP contribution is 2.31. The first-order valence-corrected chi connectivity index (χ1v) is 12.0. The minimum absolute atomic E-state index is 0.0185. The maximum Gasteiger partial charge on any atom is 0.246 e. The molecule has 3 aromatic carbocycles. The van der Waals surface area contributed by atoms with Gasteiger partial charge in [0.1, 0.15) is 11.6 Å². The predicted octanol–water partition coefficient (Wildman–Crippen LogP) is 5.30. The number of hydrogen-bond acceptors (Lipinski definition) is 6. The lowest BCUT2D eigenvalue weighted by Crippen LogP contribution is -2.37. The second-order valence-electron chi connectivity index (χ2n) is 7.57. The molecular formula is C26H26F3N3O4S. The average Bonchev–Trinajstić information content (AvgIpc) is 2.91. The number of halogens is 3. The Balaban J connectivity index is 1.80. The highest BCUT2D eigenvalue weighted by Gasteiger charge is 2.16. The summed E-state index contributed by atoms with van der Waals surface area (Å²) in [5.41, 5.74) is 0.752. The van der Waals surface area contributed by atoms with Gasteiger partial charge in [-0.15, -0.1) is 0 Å². The zero-order valence-electron chi connectivity index (χ0n) is 20.7. The maximum atomic E-state index is 14.1. The van der Waals surface area contributed by atoms with Gasteiger partial charge in [0.15, 0.2) is 28.2 Å². The summed E-state index contributed by atoms with van der Waals surface area (Å²) in [5, 5.41) is 3.12. The first kappa shape index (κ1) is 27.7. The van der Waals surface area contributed by atoms with E-state index in [1.54, 1.807) is 25.2 Å². The lowest BCUT2D eigenvalue weighted by atomic mass is 10.2. The van der Waals surface area contributed by atoms with E-state index in [1.165, 1.54) is 50.5 Å². The molecule has 0 saturated heterocycles. The van der Waals surface area contributed by atoms with E-state index < -0.39 is 17.5 Å². The molecule has 0 aliphatic rings. The van der Waals surface area contributed by atoms with Crippen LogP contribution >= 0.6 is 11.8 Å². The summed E-state index contributed by atoms with van der Waals surface area (Å²) in [4.78, 5) is 18.7. The van der Waals surface area contributed by atoms with Gasteiger partial charge in [-0.2, -0.15) is 0 Å². The molecule has 3 aromatic rings. The standard InChI is InChI=1S/C26H26F3N3O4S/c1-32(17-9-11-22(34-2)24(13-17)36-4)25(33)14-30-26(31-16-8-10-21(29)23(12-16)35-3)37-15-18-19(27)6-5-7-20(18)28/h5-13H,14-15H2,1-4H3,(H,30,31). The van der Waals surface area contributed by atoms with Gasteiger partial charge in [-0.3, -0.25) is 4.79 Å². The largest absolute Gasteiger partial charge is 0.494 e. The van der Waals surface area contributed by atoms with Gasteiger partial charge in [0, 0.05) is 36.2 Å². The van der Waals surface area contributed by atoms with Gasteiger partial charge in [-0.1, -0.05) is 17.8 Å². The molecule has 0 radical (unpaired) electrons. The quantitative estimate of drug-likeness (QED) is 0.297. The van der Waals surface area contributed by atoms with E-state index >= 15 is 0 Å². The second-order valence-corrected chi connectivity index (χ2v) is 8.53. The van der Waals surface area contributed by atoms with Crippen molar-refractivity contribution < 1.29 is 32.2 Å². The molecule has 196 valence electrons. The number of benzene rings is 3. The Bertz CT molecular complexity index is 1270. The molecular weight excluding hydrogens is 507 g/mol. The lowest BCUT2D eigenvalue weighted by molar-refractivity contribution is -0.117. The zero-order valence-corrected chi connectivity index (χ0v) is 21.5. The Labute approximate surface area is 217 Å². The molecule has 0 fully saturated rings. The van der Waals surface area contributed by atoms with Crippen LogP contribution in [0.2, 0.25) is 0 Å². The summed E-state index contributed by atoms with van der Waals surface area (Å²) >= 11 is 0.993. The van der Waals surface area contributed by atoms with Gasteiger partial charge in [0.05, 0.1) is 33.6 Å². The van der Waals surface area contributed by atoms with E-state index in [1.807, 2.05) is 0 Å². The topological polar surface area (TPSA) is 72.4 Å². The Morgan fingerprint density at radius 2 is 1.57 bits per heavy atom. The molecule has 11 heteroatoms. The number of anilines is 1. The molecule has 0 bridgehead atoms. The number of methoxy groups -OCH3 is 3. The summed E-state index contributed by atoms with van der Waals surface area (Å²) in [6.07, 6.45) is 0. The van der Waals surface area contributed by atoms with Crippen LogP contribution in [0.3, 0.4) is 0 Å². The Hall–Kier alpha value is -3.86. The third-order valence-electron chi connectivity index (χ3n) is 5.30. The number of thioether (sulfide) groups is 1. The summed E-state index contributed by atoms with van der Waals surface area (Å²) < 4.78 is 57.6. The molecule has 0 aliphatic carbocycles. The van der Waals surface area contributed by atoms with E-state index in [-0.39, 0.29) is 34.7 Å². The van der Waals surface area contributed by atoms with Crippen LogP contribution in [0.4, 0.5) is 24.5 Å². The number of nitrogens with zero attached hydrogens (tertiary/aromatic N) is 2. The Morgan fingerprint density at radius 1 is 0.892 bits per heavy atom. The molecule has 7 nitrogen and oxygen atoms in total. The number of aliphatic imine (C=N–C) groups is 1. The molecule has 0 saturated carbocycles. The predicted molar refractivity (Wildman–Crippen MR) is 139 cm³/mol. The van der Waals surface area contributed by atoms with Gasteiger partial charge in [-0.25, -0.2) is 18.2 Å². The van der Waals surface area contributed by atoms with Gasteiger partial charge < -0.3 is 24.4 Å². The average molecular weight is 534 g/mol. The fraction of sp³-hybridized carbons (Fsp3) is 0.231.